The summed E-state index contributed by atoms with van der Waals surface area (Å²) in [4.78, 5) is 37.1. The molecule has 1 atom stereocenters. The minimum Gasteiger partial charge on any atom is -0.344 e. The Morgan fingerprint density at radius 3 is 2.14 bits per heavy atom. The van der Waals surface area contributed by atoms with Crippen LogP contribution in [-0.2, 0) is 11.8 Å². The van der Waals surface area contributed by atoms with Crippen LogP contribution < -0.4 is 10.6 Å². The van der Waals surface area contributed by atoms with Crippen LogP contribution in [0.25, 0.3) is 0 Å². The van der Waals surface area contributed by atoms with Crippen molar-refractivity contribution in [3.63, 3.8) is 0 Å². The lowest BCUT2D eigenvalue weighted by Gasteiger charge is -2.16. The van der Waals surface area contributed by atoms with Gasteiger partial charge in [0.05, 0.1) is 11.3 Å². The SMILES string of the molecule is Cc1c(C(=O)Nc2ccc(F)cc2)c(C)n(C)c1C(=O)C(=O)NC(C)C(F)(F)F. The number of alkyl halides is 3. The quantitative estimate of drug-likeness (QED) is 0.449. The van der Waals surface area contributed by atoms with Crippen molar-refractivity contribution in [2.24, 2.45) is 7.05 Å². The fraction of sp³-hybridized carbons (Fsp3) is 0.316. The highest BCUT2D eigenvalue weighted by Gasteiger charge is 2.39. The van der Waals surface area contributed by atoms with Crippen LogP contribution in [0.15, 0.2) is 24.3 Å². The van der Waals surface area contributed by atoms with E-state index in [2.05, 4.69) is 5.32 Å². The number of hydrogen-bond acceptors (Lipinski definition) is 3. The van der Waals surface area contributed by atoms with E-state index >= 15 is 0 Å². The van der Waals surface area contributed by atoms with Crippen LogP contribution in [0.4, 0.5) is 23.2 Å². The largest absolute Gasteiger partial charge is 0.408 e. The van der Waals surface area contributed by atoms with Crippen molar-refractivity contribution in [3.05, 3.63) is 52.6 Å². The zero-order valence-corrected chi connectivity index (χ0v) is 16.1. The standard InChI is InChI=1S/C19H19F4N3O3/c1-9-14(17(28)25-13-7-5-12(20)6-8-13)10(2)26(4)15(9)16(27)18(29)24-11(3)19(21,22)23/h5-8,11H,1-4H3,(H,24,29)(H,25,28). The summed E-state index contributed by atoms with van der Waals surface area (Å²) < 4.78 is 52.2. The summed E-state index contributed by atoms with van der Waals surface area (Å²) in [5.41, 5.74) is 0.686. The van der Waals surface area contributed by atoms with Crippen LogP contribution in [0.1, 0.15) is 39.0 Å². The average molecular weight is 413 g/mol. The van der Waals surface area contributed by atoms with Crippen LogP contribution in [0, 0.1) is 19.7 Å². The molecule has 6 nitrogen and oxygen atoms in total. The Morgan fingerprint density at radius 2 is 1.62 bits per heavy atom. The van der Waals surface area contributed by atoms with Crippen molar-refractivity contribution < 1.29 is 31.9 Å². The Bertz CT molecular complexity index is 963. The van der Waals surface area contributed by atoms with E-state index in [0.29, 0.717) is 11.4 Å². The molecule has 0 radical (unpaired) electrons. The second kappa shape index (κ2) is 8.06. The second-order valence-corrected chi connectivity index (χ2v) is 6.52. The first-order valence-corrected chi connectivity index (χ1v) is 8.49. The summed E-state index contributed by atoms with van der Waals surface area (Å²) in [6.45, 7) is 3.66. The van der Waals surface area contributed by atoms with Crippen molar-refractivity contribution in [1.82, 2.24) is 9.88 Å². The fourth-order valence-electron chi connectivity index (χ4n) is 2.81. The first-order chi connectivity index (χ1) is 13.3. The second-order valence-electron chi connectivity index (χ2n) is 6.52. The number of ketones is 1. The van der Waals surface area contributed by atoms with E-state index in [9.17, 15) is 31.9 Å². The van der Waals surface area contributed by atoms with Crippen LogP contribution in [-0.4, -0.2) is 34.4 Å². The number of benzene rings is 1. The summed E-state index contributed by atoms with van der Waals surface area (Å²) in [7, 11) is 1.42. The molecule has 0 aliphatic rings. The number of amides is 2. The number of nitrogens with one attached hydrogen (secondary N) is 2. The van der Waals surface area contributed by atoms with Crippen LogP contribution >= 0.6 is 0 Å². The summed E-state index contributed by atoms with van der Waals surface area (Å²) >= 11 is 0. The number of nitrogens with zero attached hydrogens (tertiary/aromatic N) is 1. The van der Waals surface area contributed by atoms with E-state index in [1.807, 2.05) is 0 Å². The number of rotatable bonds is 5. The average Bonchev–Trinajstić information content (AvgIpc) is 2.84. The van der Waals surface area contributed by atoms with Gasteiger partial charge < -0.3 is 15.2 Å². The Hall–Kier alpha value is -3.17. The molecule has 1 aromatic heterocycles. The molecule has 2 N–H and O–H groups in total. The third kappa shape index (κ3) is 4.64. The van der Waals surface area contributed by atoms with Gasteiger partial charge in [-0.1, -0.05) is 0 Å². The topological polar surface area (TPSA) is 80.2 Å². The highest BCUT2D eigenvalue weighted by atomic mass is 19.4. The smallest absolute Gasteiger partial charge is 0.344 e. The molecule has 2 amide bonds. The van der Waals surface area contributed by atoms with E-state index in [4.69, 9.17) is 0 Å². The fourth-order valence-corrected chi connectivity index (χ4v) is 2.81. The highest BCUT2D eigenvalue weighted by molar-refractivity contribution is 6.43. The Morgan fingerprint density at radius 1 is 1.07 bits per heavy atom. The molecule has 1 aromatic carbocycles. The van der Waals surface area contributed by atoms with Gasteiger partial charge >= 0.3 is 6.18 Å². The number of carbonyl (C=O) groups is 3. The zero-order valence-electron chi connectivity index (χ0n) is 16.1. The number of halogens is 4. The molecule has 2 aromatic rings. The lowest BCUT2D eigenvalue weighted by Crippen LogP contribution is -2.46. The summed E-state index contributed by atoms with van der Waals surface area (Å²) in [5, 5.41) is 4.16. The van der Waals surface area contributed by atoms with E-state index in [0.717, 1.165) is 19.1 Å². The van der Waals surface area contributed by atoms with Crippen LogP contribution in [0.2, 0.25) is 0 Å². The molecule has 1 heterocycles. The summed E-state index contributed by atoms with van der Waals surface area (Å²) in [6, 6.07) is 2.79. The molecule has 0 spiro atoms. The number of Topliss-reactive ketones (excluding diaryl/α,β-unsaturated/α-hetero) is 1. The first kappa shape index (κ1) is 22.1. The van der Waals surface area contributed by atoms with Gasteiger partial charge in [0.1, 0.15) is 11.9 Å². The molecule has 0 saturated carbocycles. The molecule has 10 heteroatoms. The summed E-state index contributed by atoms with van der Waals surface area (Å²) in [6.07, 6.45) is -4.70. The molecule has 1 unspecified atom stereocenters. The molecule has 156 valence electrons. The number of anilines is 1. The summed E-state index contributed by atoms with van der Waals surface area (Å²) in [5.74, 6) is -3.71. The molecule has 29 heavy (non-hydrogen) atoms. The van der Waals surface area contributed by atoms with E-state index in [1.165, 1.54) is 37.6 Å². The minimum atomic E-state index is -4.70. The zero-order chi connectivity index (χ0) is 22.1. The lowest BCUT2D eigenvalue weighted by molar-refractivity contribution is -0.156. The van der Waals surface area contributed by atoms with Gasteiger partial charge in [0.15, 0.2) is 0 Å². The number of carbonyl (C=O) groups excluding carboxylic acids is 3. The molecule has 0 aliphatic carbocycles. The van der Waals surface area contributed by atoms with E-state index in [-0.39, 0.29) is 16.8 Å². The van der Waals surface area contributed by atoms with Gasteiger partial charge in [0, 0.05) is 18.4 Å². The maximum Gasteiger partial charge on any atom is 0.408 e. The van der Waals surface area contributed by atoms with Gasteiger partial charge in [-0.15, -0.1) is 0 Å². The molecule has 2 rings (SSSR count). The van der Waals surface area contributed by atoms with Gasteiger partial charge in [-0.25, -0.2) is 4.39 Å². The molecule has 0 bridgehead atoms. The van der Waals surface area contributed by atoms with Gasteiger partial charge in [0.2, 0.25) is 0 Å². The molecular weight excluding hydrogens is 394 g/mol. The van der Waals surface area contributed by atoms with Gasteiger partial charge in [0.25, 0.3) is 17.6 Å². The van der Waals surface area contributed by atoms with Crippen molar-refractivity contribution in [2.45, 2.75) is 33.0 Å². The van der Waals surface area contributed by atoms with Gasteiger partial charge in [-0.2, -0.15) is 13.2 Å². The Balaban J connectivity index is 2.31. The number of aromatic nitrogens is 1. The Labute approximate surface area is 163 Å². The van der Waals surface area contributed by atoms with Gasteiger partial charge in [-0.3, -0.25) is 14.4 Å². The highest BCUT2D eigenvalue weighted by Crippen LogP contribution is 2.24. The third-order valence-corrected chi connectivity index (χ3v) is 4.52. The molecule has 0 aliphatic heterocycles. The molecular formula is C19H19F4N3O3. The normalized spacial score (nSPS) is 12.4. The molecule has 0 saturated heterocycles. The van der Waals surface area contributed by atoms with Crippen molar-refractivity contribution >= 4 is 23.3 Å². The van der Waals surface area contributed by atoms with E-state index in [1.54, 1.807) is 5.32 Å². The van der Waals surface area contributed by atoms with Crippen molar-refractivity contribution in [1.29, 1.82) is 0 Å². The maximum absolute atomic E-state index is 13.0. The minimum absolute atomic E-state index is 0.0943. The number of hydrogen-bond donors (Lipinski definition) is 2. The predicted molar refractivity (Wildman–Crippen MR) is 97.2 cm³/mol. The Kier molecular flexibility index (Phi) is 6.15. The van der Waals surface area contributed by atoms with Crippen molar-refractivity contribution in [3.8, 4) is 0 Å². The van der Waals surface area contributed by atoms with E-state index < -0.39 is 35.6 Å². The maximum atomic E-state index is 13.0. The van der Waals surface area contributed by atoms with Crippen LogP contribution in [0.3, 0.4) is 0 Å². The molecule has 0 fully saturated rings. The van der Waals surface area contributed by atoms with Crippen molar-refractivity contribution in [2.75, 3.05) is 5.32 Å². The third-order valence-electron chi connectivity index (χ3n) is 4.52. The monoisotopic (exact) mass is 413 g/mol. The lowest BCUT2D eigenvalue weighted by atomic mass is 10.1. The van der Waals surface area contributed by atoms with Gasteiger partial charge in [-0.05, 0) is 50.6 Å². The van der Waals surface area contributed by atoms with Crippen LogP contribution in [0.5, 0.6) is 0 Å². The predicted octanol–water partition coefficient (Wildman–Crippen LogP) is 3.28. The first-order valence-electron chi connectivity index (χ1n) is 8.49.